The molecule has 4 rings (SSSR count). The first-order valence-electron chi connectivity index (χ1n) is 8.99. The summed E-state index contributed by atoms with van der Waals surface area (Å²) in [5.41, 5.74) is 2.82. The Labute approximate surface area is 171 Å². The number of benzene rings is 1. The molecule has 0 radical (unpaired) electrons. The summed E-state index contributed by atoms with van der Waals surface area (Å²) in [6.45, 7) is 7.98. The maximum atomic E-state index is 12.9. The Morgan fingerprint density at radius 3 is 2.79 bits per heavy atom. The van der Waals surface area contributed by atoms with E-state index >= 15 is 0 Å². The normalized spacial score (nSPS) is 12.4. The molecule has 0 aliphatic heterocycles. The highest BCUT2D eigenvalue weighted by atomic mass is 32.2. The van der Waals surface area contributed by atoms with Crippen LogP contribution in [0.1, 0.15) is 23.2 Å². The lowest BCUT2D eigenvalue weighted by Crippen LogP contribution is -2.22. The number of aryl methyl sites for hydroxylation is 3. The first-order valence-corrected chi connectivity index (χ1v) is 10.7. The largest absolute Gasteiger partial charge is 0.324 e. The van der Waals surface area contributed by atoms with Crippen molar-refractivity contribution in [3.05, 3.63) is 52.8 Å². The van der Waals surface area contributed by atoms with E-state index in [1.807, 2.05) is 44.2 Å². The van der Waals surface area contributed by atoms with E-state index in [-0.39, 0.29) is 11.2 Å². The summed E-state index contributed by atoms with van der Waals surface area (Å²) < 4.78 is 0. The highest BCUT2D eigenvalue weighted by Crippen LogP contribution is 2.36. The van der Waals surface area contributed by atoms with Gasteiger partial charge in [-0.2, -0.15) is 0 Å². The maximum absolute atomic E-state index is 12.9. The fraction of sp³-hybridized carbons (Fsp3) is 0.238. The molecule has 3 aromatic heterocycles. The number of aromatic nitrogens is 3. The van der Waals surface area contributed by atoms with Crippen molar-refractivity contribution < 1.29 is 4.79 Å². The summed E-state index contributed by atoms with van der Waals surface area (Å²) in [4.78, 5) is 28.6. The van der Waals surface area contributed by atoms with Crippen molar-refractivity contribution in [1.29, 1.82) is 0 Å². The molecule has 1 atom stereocenters. The number of fused-ring (bicyclic) bond motifs is 2. The fourth-order valence-corrected chi connectivity index (χ4v) is 5.26. The van der Waals surface area contributed by atoms with E-state index in [0.717, 1.165) is 37.7 Å². The van der Waals surface area contributed by atoms with Crippen molar-refractivity contribution in [2.45, 2.75) is 38.0 Å². The molecule has 1 aromatic carbocycles. The minimum absolute atomic E-state index is 0.0598. The first-order chi connectivity index (χ1) is 13.4. The van der Waals surface area contributed by atoms with Crippen LogP contribution in [0.3, 0.4) is 0 Å². The molecule has 0 aliphatic carbocycles. The van der Waals surface area contributed by atoms with Crippen LogP contribution >= 0.6 is 23.1 Å². The second kappa shape index (κ2) is 7.48. The van der Waals surface area contributed by atoms with Crippen LogP contribution in [0.4, 0.5) is 5.69 Å². The fourth-order valence-electron chi connectivity index (χ4n) is 3.07. The molecular formula is C21H20N4OS2. The molecule has 28 heavy (non-hydrogen) atoms. The zero-order chi connectivity index (χ0) is 19.8. The molecule has 0 saturated heterocycles. The number of carbonyl (C=O) groups is 1. The van der Waals surface area contributed by atoms with Crippen LogP contribution in [-0.4, -0.2) is 26.1 Å². The van der Waals surface area contributed by atoms with Gasteiger partial charge in [0.1, 0.15) is 15.7 Å². The first kappa shape index (κ1) is 18.8. The number of nitrogens with zero attached hydrogens (tertiary/aromatic N) is 3. The zero-order valence-electron chi connectivity index (χ0n) is 16.1. The molecular weight excluding hydrogens is 388 g/mol. The lowest BCUT2D eigenvalue weighted by atomic mass is 10.2. The number of anilines is 1. The number of hydrogen-bond donors (Lipinski definition) is 1. The SMILES string of the molecule is Cc1nc(SC(C)C(=O)Nc2cccc3ncccc23)c2c(C)c(C)sc2n1. The van der Waals surface area contributed by atoms with Crippen LogP contribution in [0.5, 0.6) is 0 Å². The molecule has 7 heteroatoms. The van der Waals surface area contributed by atoms with E-state index in [1.165, 1.54) is 22.2 Å². The van der Waals surface area contributed by atoms with Gasteiger partial charge in [-0.1, -0.05) is 17.8 Å². The maximum Gasteiger partial charge on any atom is 0.237 e. The van der Waals surface area contributed by atoms with Gasteiger partial charge in [-0.25, -0.2) is 9.97 Å². The molecule has 5 nitrogen and oxygen atoms in total. The highest BCUT2D eigenvalue weighted by molar-refractivity contribution is 8.00. The Morgan fingerprint density at radius 1 is 1.14 bits per heavy atom. The van der Waals surface area contributed by atoms with Gasteiger partial charge in [0.05, 0.1) is 16.5 Å². The van der Waals surface area contributed by atoms with Gasteiger partial charge < -0.3 is 5.32 Å². The second-order valence-corrected chi connectivity index (χ2v) is 9.20. The minimum atomic E-state index is -0.302. The lowest BCUT2D eigenvalue weighted by molar-refractivity contribution is -0.115. The van der Waals surface area contributed by atoms with E-state index in [9.17, 15) is 4.79 Å². The average molecular weight is 409 g/mol. The third-order valence-corrected chi connectivity index (χ3v) is 6.86. The van der Waals surface area contributed by atoms with Gasteiger partial charge in [0.15, 0.2) is 0 Å². The molecule has 0 bridgehead atoms. The molecule has 142 valence electrons. The smallest absolute Gasteiger partial charge is 0.237 e. The standard InChI is InChI=1S/C21H20N4OS2/c1-11-12(2)27-20-18(11)21(24-14(4)23-20)28-13(3)19(26)25-17-9-5-8-16-15(17)7-6-10-22-16/h5-10,13H,1-4H3,(H,25,26). The quantitative estimate of drug-likeness (QED) is 0.367. The summed E-state index contributed by atoms with van der Waals surface area (Å²) in [5.74, 6) is 0.666. The van der Waals surface area contributed by atoms with Gasteiger partial charge in [-0.3, -0.25) is 9.78 Å². The Hall–Kier alpha value is -2.51. The topological polar surface area (TPSA) is 67.8 Å². The summed E-state index contributed by atoms with van der Waals surface area (Å²) in [6, 6.07) is 9.57. The molecule has 0 aliphatic rings. The number of carbonyl (C=O) groups excluding carboxylic acids is 1. The van der Waals surface area contributed by atoms with Gasteiger partial charge in [0, 0.05) is 21.8 Å². The van der Waals surface area contributed by atoms with E-state index in [4.69, 9.17) is 0 Å². The van der Waals surface area contributed by atoms with E-state index in [0.29, 0.717) is 0 Å². The number of pyridine rings is 1. The van der Waals surface area contributed by atoms with Crippen molar-refractivity contribution in [3.8, 4) is 0 Å². The molecule has 3 heterocycles. The van der Waals surface area contributed by atoms with Gasteiger partial charge in [0.25, 0.3) is 0 Å². The van der Waals surface area contributed by atoms with Crippen molar-refractivity contribution in [2.75, 3.05) is 5.32 Å². The number of amides is 1. The molecule has 1 amide bonds. The third kappa shape index (κ3) is 3.47. The lowest BCUT2D eigenvalue weighted by Gasteiger charge is -2.14. The van der Waals surface area contributed by atoms with Crippen LogP contribution in [0, 0.1) is 20.8 Å². The Kier molecular flexibility index (Phi) is 5.03. The summed E-state index contributed by atoms with van der Waals surface area (Å²) >= 11 is 3.15. The number of thioether (sulfide) groups is 1. The minimum Gasteiger partial charge on any atom is -0.324 e. The van der Waals surface area contributed by atoms with Crippen LogP contribution in [-0.2, 0) is 4.79 Å². The highest BCUT2D eigenvalue weighted by Gasteiger charge is 2.20. The number of thiophene rings is 1. The van der Waals surface area contributed by atoms with Crippen LogP contribution in [0.25, 0.3) is 21.1 Å². The van der Waals surface area contributed by atoms with E-state index in [2.05, 4.69) is 34.1 Å². The predicted molar refractivity (Wildman–Crippen MR) is 117 cm³/mol. The van der Waals surface area contributed by atoms with E-state index in [1.54, 1.807) is 17.5 Å². The molecule has 4 aromatic rings. The molecule has 0 saturated carbocycles. The Balaban J connectivity index is 1.61. The Bertz CT molecular complexity index is 1200. The van der Waals surface area contributed by atoms with Gasteiger partial charge in [0.2, 0.25) is 5.91 Å². The molecule has 1 unspecified atom stereocenters. The van der Waals surface area contributed by atoms with Gasteiger partial charge in [-0.15, -0.1) is 11.3 Å². The number of hydrogen-bond acceptors (Lipinski definition) is 6. The summed E-state index contributed by atoms with van der Waals surface area (Å²) in [5, 5.41) is 5.61. The third-order valence-electron chi connectivity index (χ3n) is 4.67. The van der Waals surface area contributed by atoms with Gasteiger partial charge in [-0.05, 0) is 57.5 Å². The number of rotatable bonds is 4. The molecule has 1 N–H and O–H groups in total. The van der Waals surface area contributed by atoms with Crippen LogP contribution < -0.4 is 5.32 Å². The van der Waals surface area contributed by atoms with Crippen molar-refractivity contribution >= 4 is 55.8 Å². The van der Waals surface area contributed by atoms with Gasteiger partial charge >= 0.3 is 0 Å². The zero-order valence-corrected chi connectivity index (χ0v) is 17.7. The van der Waals surface area contributed by atoms with Crippen molar-refractivity contribution in [1.82, 2.24) is 15.0 Å². The molecule has 0 fully saturated rings. The van der Waals surface area contributed by atoms with Crippen LogP contribution in [0.15, 0.2) is 41.6 Å². The Morgan fingerprint density at radius 2 is 1.96 bits per heavy atom. The second-order valence-electron chi connectivity index (χ2n) is 6.66. The molecule has 0 spiro atoms. The number of nitrogens with one attached hydrogen (secondary N) is 1. The van der Waals surface area contributed by atoms with Crippen LogP contribution in [0.2, 0.25) is 0 Å². The van der Waals surface area contributed by atoms with Crippen molar-refractivity contribution in [2.24, 2.45) is 0 Å². The van der Waals surface area contributed by atoms with E-state index < -0.39 is 0 Å². The van der Waals surface area contributed by atoms with Crippen molar-refractivity contribution in [3.63, 3.8) is 0 Å². The predicted octanol–water partition coefficient (Wildman–Crippen LogP) is 5.28. The average Bonchev–Trinajstić information content (AvgIpc) is 2.95. The summed E-state index contributed by atoms with van der Waals surface area (Å²) in [6.07, 6.45) is 1.75. The monoisotopic (exact) mass is 408 g/mol. The summed E-state index contributed by atoms with van der Waals surface area (Å²) in [7, 11) is 0.